The summed E-state index contributed by atoms with van der Waals surface area (Å²) < 4.78 is 27.9. The van der Waals surface area contributed by atoms with Crippen molar-refractivity contribution in [2.75, 3.05) is 21.0 Å². The molecule has 5 atom stereocenters. The van der Waals surface area contributed by atoms with Crippen molar-refractivity contribution >= 4 is 17.8 Å². The maximum atomic E-state index is 14.3. The van der Waals surface area contributed by atoms with Crippen LogP contribution in [0.1, 0.15) is 52.6 Å². The van der Waals surface area contributed by atoms with Crippen molar-refractivity contribution in [3.8, 4) is 34.5 Å². The van der Waals surface area contributed by atoms with Gasteiger partial charge in [0.1, 0.15) is 24.2 Å². The molecule has 12 heteroatoms. The van der Waals surface area contributed by atoms with Crippen LogP contribution in [-0.2, 0) is 27.4 Å². The molecule has 1 aliphatic heterocycles. The molecule has 0 spiro atoms. The molecule has 4 aromatic carbocycles. The Morgan fingerprint density at radius 2 is 1.55 bits per heavy atom. The first kappa shape index (κ1) is 33.6. The summed E-state index contributed by atoms with van der Waals surface area (Å²) in [6.45, 7) is 0.0414. The number of amides is 2. The molecular weight excluding hydrogens is 656 g/mol. The fourth-order valence-electron chi connectivity index (χ4n) is 7.54. The summed E-state index contributed by atoms with van der Waals surface area (Å²) in [6, 6.07) is 21.0. The maximum Gasteiger partial charge on any atom is 0.408 e. The van der Waals surface area contributed by atoms with Gasteiger partial charge in [0, 0.05) is 24.7 Å². The van der Waals surface area contributed by atoms with Gasteiger partial charge in [0.25, 0.3) is 0 Å². The number of carbonyl (C=O) groups is 3. The van der Waals surface area contributed by atoms with Gasteiger partial charge in [-0.15, -0.1) is 0 Å². The Morgan fingerprint density at radius 1 is 0.882 bits per heavy atom. The van der Waals surface area contributed by atoms with E-state index in [9.17, 15) is 24.6 Å². The van der Waals surface area contributed by atoms with Crippen LogP contribution in [0.15, 0.2) is 78.9 Å². The van der Waals surface area contributed by atoms with Gasteiger partial charge in [0.05, 0.1) is 20.3 Å². The van der Waals surface area contributed by atoms with Gasteiger partial charge in [-0.2, -0.15) is 0 Å². The van der Waals surface area contributed by atoms with E-state index in [4.69, 9.17) is 23.7 Å². The third kappa shape index (κ3) is 6.69. The predicted octanol–water partition coefficient (Wildman–Crippen LogP) is 5.28. The number of hydrogen-bond acceptors (Lipinski definition) is 10. The number of Topliss-reactive ketones (excluding diaryl/α,β-unsaturated/α-hetero) is 1. The number of phenolic OH excluding ortho intramolecular Hbond substituents is 2. The molecule has 4 aromatic rings. The van der Waals surface area contributed by atoms with Gasteiger partial charge in [-0.25, -0.2) is 4.79 Å². The Labute approximate surface area is 294 Å². The molecular formula is C39H38N2O10. The average Bonchev–Trinajstić information content (AvgIpc) is 3.77. The van der Waals surface area contributed by atoms with E-state index < -0.39 is 35.9 Å². The van der Waals surface area contributed by atoms with E-state index in [0.717, 1.165) is 16.7 Å². The second-order valence-corrected chi connectivity index (χ2v) is 12.9. The molecule has 0 unspecified atom stereocenters. The fourth-order valence-corrected chi connectivity index (χ4v) is 7.54. The largest absolute Gasteiger partial charge is 0.508 e. The summed E-state index contributed by atoms with van der Waals surface area (Å²) in [5.74, 6) is -0.423. The molecule has 1 heterocycles. The first-order valence-corrected chi connectivity index (χ1v) is 16.7. The molecule has 2 amide bonds. The fraction of sp³-hybridized carbons (Fsp3) is 0.308. The first-order valence-electron chi connectivity index (χ1n) is 16.7. The second kappa shape index (κ2) is 14.1. The minimum Gasteiger partial charge on any atom is -0.508 e. The van der Waals surface area contributed by atoms with Crippen LogP contribution in [0, 0.1) is 11.8 Å². The summed E-state index contributed by atoms with van der Waals surface area (Å²) in [5.41, 5.74) is 3.69. The minimum absolute atomic E-state index is 0.0174. The number of hydrogen-bond donors (Lipinski definition) is 4. The van der Waals surface area contributed by atoms with Crippen molar-refractivity contribution in [2.45, 2.75) is 43.9 Å². The third-order valence-electron chi connectivity index (χ3n) is 9.95. The molecule has 7 rings (SSSR count). The molecule has 4 N–H and O–H groups in total. The number of methoxy groups -OCH3 is 2. The zero-order chi connectivity index (χ0) is 35.6. The number of fused-ring (bicyclic) bond motifs is 3. The molecule has 0 bridgehead atoms. The standard InChI is InChI=1S/C39H38N2O10/c1-47-32-15-23(16-33(48-2)37(32)44)34-26-17-30-31(51-20-50-30)18-27(26)36(25-12-13-29(43)35(25)34)41-38(45)28(14-21-8-10-24(42)11-9-21)40-39(46)49-19-22-6-4-3-5-7-22/h3-11,15-18,25,28,34-36,42,44H,12-14,19-20H2,1-2H3,(H,40,46)(H,41,45)/t25-,28-,34+,35+,36-/m0/s1. The molecule has 12 nitrogen and oxygen atoms in total. The summed E-state index contributed by atoms with van der Waals surface area (Å²) in [5, 5.41) is 26.5. The van der Waals surface area contributed by atoms with Gasteiger partial charge in [-0.05, 0) is 76.6 Å². The van der Waals surface area contributed by atoms with Gasteiger partial charge >= 0.3 is 6.09 Å². The van der Waals surface area contributed by atoms with Gasteiger partial charge in [-0.3, -0.25) is 9.59 Å². The van der Waals surface area contributed by atoms with Crippen molar-refractivity contribution < 1.29 is 48.3 Å². The highest BCUT2D eigenvalue weighted by atomic mass is 16.7. The lowest BCUT2D eigenvalue weighted by Crippen LogP contribution is -2.51. The third-order valence-corrected chi connectivity index (χ3v) is 9.95. The molecule has 0 radical (unpaired) electrons. The van der Waals surface area contributed by atoms with Crippen molar-refractivity contribution in [3.05, 3.63) is 107 Å². The molecule has 51 heavy (non-hydrogen) atoms. The van der Waals surface area contributed by atoms with Gasteiger partial charge < -0.3 is 44.5 Å². The summed E-state index contributed by atoms with van der Waals surface area (Å²) in [7, 11) is 2.89. The van der Waals surface area contributed by atoms with E-state index >= 15 is 0 Å². The van der Waals surface area contributed by atoms with E-state index in [0.29, 0.717) is 35.5 Å². The van der Waals surface area contributed by atoms with E-state index in [2.05, 4.69) is 10.6 Å². The Kier molecular flexibility index (Phi) is 9.31. The summed E-state index contributed by atoms with van der Waals surface area (Å²) in [4.78, 5) is 41.2. The zero-order valence-electron chi connectivity index (χ0n) is 28.1. The van der Waals surface area contributed by atoms with Crippen LogP contribution in [-0.4, -0.2) is 55.1 Å². The lowest BCUT2D eigenvalue weighted by Gasteiger charge is -2.41. The maximum absolute atomic E-state index is 14.3. The van der Waals surface area contributed by atoms with E-state index in [1.54, 1.807) is 24.3 Å². The first-order chi connectivity index (χ1) is 24.7. The minimum atomic E-state index is -1.06. The van der Waals surface area contributed by atoms with Crippen molar-refractivity contribution in [3.63, 3.8) is 0 Å². The number of ether oxygens (including phenoxy) is 5. The van der Waals surface area contributed by atoms with Gasteiger partial charge in [-0.1, -0.05) is 42.5 Å². The number of alkyl carbamates (subject to hydrolysis) is 1. The number of carbonyl (C=O) groups excluding carboxylic acids is 3. The van der Waals surface area contributed by atoms with Gasteiger partial charge in [0.15, 0.2) is 23.0 Å². The van der Waals surface area contributed by atoms with E-state index in [-0.39, 0.29) is 54.5 Å². The number of ketones is 1. The Bertz CT molecular complexity index is 1920. The summed E-state index contributed by atoms with van der Waals surface area (Å²) >= 11 is 0. The van der Waals surface area contributed by atoms with Crippen molar-refractivity contribution in [2.24, 2.45) is 11.8 Å². The van der Waals surface area contributed by atoms with Crippen LogP contribution in [0.5, 0.6) is 34.5 Å². The predicted molar refractivity (Wildman–Crippen MR) is 183 cm³/mol. The Morgan fingerprint density at radius 3 is 2.22 bits per heavy atom. The van der Waals surface area contributed by atoms with Crippen molar-refractivity contribution in [1.29, 1.82) is 0 Å². The topological polar surface area (TPSA) is 162 Å². The normalized spacial score (nSPS) is 20.5. The number of benzene rings is 4. The van der Waals surface area contributed by atoms with Crippen LogP contribution in [0.25, 0.3) is 0 Å². The molecule has 2 aliphatic carbocycles. The Balaban J connectivity index is 1.24. The smallest absolute Gasteiger partial charge is 0.408 e. The van der Waals surface area contributed by atoms with Crippen LogP contribution < -0.4 is 29.6 Å². The van der Waals surface area contributed by atoms with E-state index in [1.807, 2.05) is 42.5 Å². The molecule has 1 fully saturated rings. The van der Waals surface area contributed by atoms with Crippen LogP contribution in [0.2, 0.25) is 0 Å². The number of aromatic hydroxyl groups is 2. The van der Waals surface area contributed by atoms with Gasteiger partial charge in [0.2, 0.25) is 18.4 Å². The van der Waals surface area contributed by atoms with Crippen LogP contribution in [0.3, 0.4) is 0 Å². The molecule has 3 aliphatic rings. The highest BCUT2D eigenvalue weighted by Crippen LogP contribution is 2.57. The SMILES string of the molecule is COc1cc([C@@H]2c3cc4c(cc3[C@@H](NC(=O)[C@H](Cc3ccc(O)cc3)NC(=O)OCc3ccccc3)[C@H]3CCC(=O)[C@H]23)OCO4)cc(OC)c1O. The Hall–Kier alpha value is -5.91. The monoisotopic (exact) mass is 694 g/mol. The highest BCUT2D eigenvalue weighted by Gasteiger charge is 2.51. The number of rotatable bonds is 10. The molecule has 264 valence electrons. The highest BCUT2D eigenvalue weighted by molar-refractivity contribution is 5.89. The van der Waals surface area contributed by atoms with Crippen LogP contribution in [0.4, 0.5) is 4.79 Å². The number of phenols is 2. The number of nitrogens with one attached hydrogen (secondary N) is 2. The molecule has 0 aromatic heterocycles. The summed E-state index contributed by atoms with van der Waals surface area (Å²) in [6.07, 6.45) is 0.164. The lowest BCUT2D eigenvalue weighted by molar-refractivity contribution is -0.126. The zero-order valence-corrected chi connectivity index (χ0v) is 28.1. The molecule has 0 saturated heterocycles. The quantitative estimate of drug-likeness (QED) is 0.172. The lowest BCUT2D eigenvalue weighted by atomic mass is 9.65. The van der Waals surface area contributed by atoms with E-state index in [1.165, 1.54) is 26.4 Å². The van der Waals surface area contributed by atoms with Crippen LogP contribution >= 0.6 is 0 Å². The van der Waals surface area contributed by atoms with Crippen molar-refractivity contribution in [1.82, 2.24) is 10.6 Å². The second-order valence-electron chi connectivity index (χ2n) is 12.9. The average molecular weight is 695 g/mol. The molecule has 1 saturated carbocycles.